The molecule has 4 heteroatoms. The maximum atomic E-state index is 6.54. The fraction of sp³-hybridized carbons (Fsp3) is 0.600. The minimum Gasteiger partial charge on any atom is -0.493 e. The Morgan fingerprint density at radius 1 is 1.17 bits per heavy atom. The van der Waals surface area contributed by atoms with Gasteiger partial charge in [0.05, 0.1) is 25.1 Å². The van der Waals surface area contributed by atoms with Crippen LogP contribution >= 0.6 is 0 Å². The summed E-state index contributed by atoms with van der Waals surface area (Å²) in [4.78, 5) is 0. The third kappa shape index (κ3) is 5.47. The summed E-state index contributed by atoms with van der Waals surface area (Å²) < 4.78 is 18.3. The van der Waals surface area contributed by atoms with Crippen molar-refractivity contribution in [1.29, 1.82) is 0 Å². The molecule has 0 aromatic heterocycles. The summed E-state index contributed by atoms with van der Waals surface area (Å²) in [6, 6.07) is 10.2. The highest BCUT2D eigenvalue weighted by molar-refractivity contribution is 6.74. The van der Waals surface area contributed by atoms with E-state index < -0.39 is 8.32 Å². The summed E-state index contributed by atoms with van der Waals surface area (Å²) in [5.74, 6) is 0.943. The Kier molecular flexibility index (Phi) is 6.29. The Morgan fingerprint density at radius 3 is 2.46 bits per heavy atom. The topological polar surface area (TPSA) is 27.7 Å². The number of allylic oxidation sites excluding steroid dienone is 1. The zero-order valence-electron chi connectivity index (χ0n) is 16.0. The van der Waals surface area contributed by atoms with Gasteiger partial charge in [-0.05, 0) is 36.7 Å². The highest BCUT2D eigenvalue weighted by atomic mass is 28.4. The standard InChI is InChI=1S/C20H32O3Si/c1-16-12-18(23-24(5,6)20(2,3)4)13-19(22-16)15-21-14-17-10-8-7-9-11-17/h7-12,18-19H,13-15H2,1-6H3/t18-,19+/m0/s1. The smallest absolute Gasteiger partial charge is 0.192 e. The first-order valence-electron chi connectivity index (χ1n) is 8.82. The average Bonchev–Trinajstić information content (AvgIpc) is 2.46. The lowest BCUT2D eigenvalue weighted by Crippen LogP contribution is -2.45. The van der Waals surface area contributed by atoms with Crippen molar-refractivity contribution in [3.05, 3.63) is 47.7 Å². The van der Waals surface area contributed by atoms with Crippen molar-refractivity contribution in [1.82, 2.24) is 0 Å². The van der Waals surface area contributed by atoms with Crippen molar-refractivity contribution >= 4 is 8.32 Å². The summed E-state index contributed by atoms with van der Waals surface area (Å²) in [5, 5.41) is 0.215. The molecule has 3 nitrogen and oxygen atoms in total. The van der Waals surface area contributed by atoms with Gasteiger partial charge >= 0.3 is 0 Å². The predicted molar refractivity (Wildman–Crippen MR) is 101 cm³/mol. The summed E-state index contributed by atoms with van der Waals surface area (Å²) >= 11 is 0. The summed E-state index contributed by atoms with van der Waals surface area (Å²) in [5.41, 5.74) is 1.19. The Hall–Kier alpha value is -1.10. The maximum absolute atomic E-state index is 6.54. The van der Waals surface area contributed by atoms with Crippen LogP contribution in [0, 0.1) is 0 Å². The molecule has 0 fully saturated rings. The van der Waals surface area contributed by atoms with Crippen LogP contribution in [0.25, 0.3) is 0 Å². The highest BCUT2D eigenvalue weighted by Crippen LogP contribution is 2.38. The number of hydrogen-bond donors (Lipinski definition) is 0. The van der Waals surface area contributed by atoms with E-state index in [-0.39, 0.29) is 17.2 Å². The van der Waals surface area contributed by atoms with Crippen LogP contribution in [0.5, 0.6) is 0 Å². The van der Waals surface area contributed by atoms with E-state index in [4.69, 9.17) is 13.9 Å². The molecular weight excluding hydrogens is 316 g/mol. The molecule has 0 bridgehead atoms. The van der Waals surface area contributed by atoms with E-state index in [1.807, 2.05) is 25.1 Å². The van der Waals surface area contributed by atoms with Gasteiger partial charge in [0.2, 0.25) is 0 Å². The Labute approximate surface area is 148 Å². The van der Waals surface area contributed by atoms with Gasteiger partial charge in [-0.25, -0.2) is 0 Å². The van der Waals surface area contributed by atoms with Crippen LogP contribution in [-0.4, -0.2) is 27.1 Å². The van der Waals surface area contributed by atoms with Crippen LogP contribution in [0.3, 0.4) is 0 Å². The van der Waals surface area contributed by atoms with Gasteiger partial charge in [-0.3, -0.25) is 0 Å². The van der Waals surface area contributed by atoms with Crippen molar-refractivity contribution in [3.8, 4) is 0 Å². The largest absolute Gasteiger partial charge is 0.493 e. The fourth-order valence-electron chi connectivity index (χ4n) is 2.56. The molecule has 1 aliphatic rings. The van der Waals surface area contributed by atoms with Gasteiger partial charge in [0.1, 0.15) is 6.10 Å². The minimum absolute atomic E-state index is 0.0634. The number of benzene rings is 1. The highest BCUT2D eigenvalue weighted by Gasteiger charge is 2.40. The van der Waals surface area contributed by atoms with E-state index in [9.17, 15) is 0 Å². The first kappa shape index (κ1) is 19.2. The second kappa shape index (κ2) is 7.85. The molecule has 1 heterocycles. The maximum Gasteiger partial charge on any atom is 0.192 e. The lowest BCUT2D eigenvalue weighted by molar-refractivity contribution is -0.0207. The van der Waals surface area contributed by atoms with Crippen LogP contribution < -0.4 is 0 Å². The van der Waals surface area contributed by atoms with Gasteiger partial charge in [0.25, 0.3) is 0 Å². The zero-order chi connectivity index (χ0) is 17.8. The molecule has 2 rings (SSSR count). The fourth-order valence-corrected chi connectivity index (χ4v) is 3.84. The van der Waals surface area contributed by atoms with E-state index in [0.29, 0.717) is 13.2 Å². The molecule has 0 unspecified atom stereocenters. The number of ether oxygens (including phenoxy) is 2. The SMILES string of the molecule is CC1=C[C@H](O[Si](C)(C)C(C)(C)C)C[C@H](COCc2ccccc2)O1. The van der Waals surface area contributed by atoms with Crippen LogP contribution in [0.2, 0.25) is 18.1 Å². The first-order valence-corrected chi connectivity index (χ1v) is 11.7. The molecule has 1 aromatic rings. The van der Waals surface area contributed by atoms with Crippen molar-refractivity contribution in [2.45, 2.75) is 71.1 Å². The van der Waals surface area contributed by atoms with Gasteiger partial charge in [-0.1, -0.05) is 51.1 Å². The normalized spacial score (nSPS) is 22.0. The molecule has 1 aromatic carbocycles. The van der Waals surface area contributed by atoms with Crippen molar-refractivity contribution < 1.29 is 13.9 Å². The molecule has 0 amide bonds. The number of rotatable bonds is 6. The van der Waals surface area contributed by atoms with Gasteiger partial charge in [-0.2, -0.15) is 0 Å². The predicted octanol–water partition coefficient (Wildman–Crippen LogP) is 5.29. The minimum atomic E-state index is -1.78. The molecule has 0 saturated carbocycles. The second-order valence-corrected chi connectivity index (χ2v) is 12.9. The van der Waals surface area contributed by atoms with Gasteiger partial charge in [0, 0.05) is 6.42 Å². The molecule has 24 heavy (non-hydrogen) atoms. The van der Waals surface area contributed by atoms with Crippen LogP contribution in [0.4, 0.5) is 0 Å². The molecule has 134 valence electrons. The van der Waals surface area contributed by atoms with E-state index in [1.54, 1.807) is 0 Å². The van der Waals surface area contributed by atoms with Crippen molar-refractivity contribution in [2.75, 3.05) is 6.61 Å². The molecule has 1 aliphatic heterocycles. The monoisotopic (exact) mass is 348 g/mol. The second-order valence-electron chi connectivity index (χ2n) is 8.17. The molecule has 0 aliphatic carbocycles. The van der Waals surface area contributed by atoms with Crippen molar-refractivity contribution in [3.63, 3.8) is 0 Å². The number of hydrogen-bond acceptors (Lipinski definition) is 3. The molecule has 0 saturated heterocycles. The van der Waals surface area contributed by atoms with E-state index >= 15 is 0 Å². The Morgan fingerprint density at radius 2 is 1.83 bits per heavy atom. The van der Waals surface area contributed by atoms with E-state index in [2.05, 4.69) is 52.1 Å². The average molecular weight is 349 g/mol. The quantitative estimate of drug-likeness (QED) is 0.654. The van der Waals surface area contributed by atoms with Crippen LogP contribution in [0.15, 0.2) is 42.2 Å². The molecule has 0 N–H and O–H groups in total. The third-order valence-electron chi connectivity index (χ3n) is 4.94. The Balaban J connectivity index is 1.87. The summed E-state index contributed by atoms with van der Waals surface area (Å²) in [6.07, 6.45) is 3.17. The molecule has 0 radical (unpaired) electrons. The Bertz CT molecular complexity index is 546. The summed E-state index contributed by atoms with van der Waals surface area (Å²) in [7, 11) is -1.78. The van der Waals surface area contributed by atoms with E-state index in [1.165, 1.54) is 5.56 Å². The van der Waals surface area contributed by atoms with Crippen LogP contribution in [-0.2, 0) is 20.5 Å². The molecule has 2 atom stereocenters. The lowest BCUT2D eigenvalue weighted by atomic mass is 10.1. The van der Waals surface area contributed by atoms with Gasteiger partial charge < -0.3 is 13.9 Å². The van der Waals surface area contributed by atoms with Crippen LogP contribution in [0.1, 0.15) is 39.7 Å². The van der Waals surface area contributed by atoms with Gasteiger partial charge in [0.15, 0.2) is 8.32 Å². The summed E-state index contributed by atoms with van der Waals surface area (Å²) in [6.45, 7) is 14.6. The van der Waals surface area contributed by atoms with E-state index in [0.717, 1.165) is 12.2 Å². The lowest BCUT2D eigenvalue weighted by Gasteiger charge is -2.40. The third-order valence-corrected chi connectivity index (χ3v) is 9.44. The van der Waals surface area contributed by atoms with Gasteiger partial charge in [-0.15, -0.1) is 0 Å². The molecular formula is C20H32O3Si. The molecule has 0 spiro atoms. The first-order chi connectivity index (χ1) is 11.2. The zero-order valence-corrected chi connectivity index (χ0v) is 17.0. The van der Waals surface area contributed by atoms with Crippen molar-refractivity contribution in [2.24, 2.45) is 0 Å².